The highest BCUT2D eigenvalue weighted by Gasteiger charge is 2.40. The topological polar surface area (TPSA) is 43.1 Å². The Morgan fingerprint density at radius 3 is 2.67 bits per heavy atom. The van der Waals surface area contributed by atoms with Gasteiger partial charge in [0.1, 0.15) is 0 Å². The minimum atomic E-state index is -0.336. The summed E-state index contributed by atoms with van der Waals surface area (Å²) in [6.07, 6.45) is 0. The van der Waals surface area contributed by atoms with Gasteiger partial charge >= 0.3 is 0 Å². The predicted octanol–water partition coefficient (Wildman–Crippen LogP) is 4.32. The number of nitro benzene ring substituents is 1. The van der Waals surface area contributed by atoms with Crippen LogP contribution in [0.15, 0.2) is 30.3 Å². The number of nitro groups is 1. The Bertz CT molecular complexity index is 679. The molecule has 0 saturated heterocycles. The molecular formula is C14H12ClNO2. The van der Waals surface area contributed by atoms with Crippen LogP contribution in [-0.4, -0.2) is 4.92 Å². The van der Waals surface area contributed by atoms with Crippen molar-refractivity contribution >= 4 is 28.1 Å². The van der Waals surface area contributed by atoms with E-state index in [1.54, 1.807) is 12.1 Å². The zero-order chi connectivity index (χ0) is 13.1. The molecule has 0 aliphatic heterocycles. The van der Waals surface area contributed by atoms with Gasteiger partial charge in [-0.25, -0.2) is 0 Å². The minimum absolute atomic E-state index is 0.141. The Hall–Kier alpha value is -1.61. The second-order valence-electron chi connectivity index (χ2n) is 5.24. The van der Waals surface area contributed by atoms with Gasteiger partial charge in [-0.15, -0.1) is 11.6 Å². The summed E-state index contributed by atoms with van der Waals surface area (Å²) in [7, 11) is 0. The number of halogens is 1. The van der Waals surface area contributed by atoms with Crippen molar-refractivity contribution in [2.75, 3.05) is 0 Å². The lowest BCUT2D eigenvalue weighted by Crippen LogP contribution is -2.17. The summed E-state index contributed by atoms with van der Waals surface area (Å²) in [4.78, 5) is 10.7. The van der Waals surface area contributed by atoms with Crippen molar-refractivity contribution in [2.24, 2.45) is 0 Å². The molecule has 3 nitrogen and oxygen atoms in total. The predicted molar refractivity (Wildman–Crippen MR) is 72.2 cm³/mol. The van der Waals surface area contributed by atoms with Gasteiger partial charge in [0.2, 0.25) is 0 Å². The van der Waals surface area contributed by atoms with Crippen molar-refractivity contribution in [2.45, 2.75) is 24.6 Å². The summed E-state index contributed by atoms with van der Waals surface area (Å²) in [5, 5.41) is 12.6. The number of hydrogen-bond donors (Lipinski definition) is 0. The van der Waals surface area contributed by atoms with E-state index in [2.05, 4.69) is 13.8 Å². The van der Waals surface area contributed by atoms with E-state index in [1.807, 2.05) is 18.2 Å². The first-order valence-corrected chi connectivity index (χ1v) is 6.23. The van der Waals surface area contributed by atoms with Crippen molar-refractivity contribution in [1.29, 1.82) is 0 Å². The monoisotopic (exact) mass is 261 g/mol. The highest BCUT2D eigenvalue weighted by Crippen LogP contribution is 2.53. The van der Waals surface area contributed by atoms with Crippen LogP contribution >= 0.6 is 11.6 Å². The SMILES string of the molecule is CC1(C)c2ccc([N+](=O)[O-])c3cccc(c23)C1Cl. The van der Waals surface area contributed by atoms with E-state index in [-0.39, 0.29) is 21.4 Å². The zero-order valence-corrected chi connectivity index (χ0v) is 10.9. The maximum absolute atomic E-state index is 11.1. The van der Waals surface area contributed by atoms with E-state index in [9.17, 15) is 10.1 Å². The fourth-order valence-electron chi connectivity index (χ4n) is 2.85. The number of non-ortho nitro benzene ring substituents is 1. The molecule has 0 saturated carbocycles. The molecule has 0 radical (unpaired) electrons. The largest absolute Gasteiger partial charge is 0.277 e. The molecular weight excluding hydrogens is 250 g/mol. The number of nitrogens with zero attached hydrogens (tertiary/aromatic N) is 1. The fraction of sp³-hybridized carbons (Fsp3) is 0.286. The van der Waals surface area contributed by atoms with Crippen LogP contribution in [0.3, 0.4) is 0 Å². The number of hydrogen-bond acceptors (Lipinski definition) is 2. The molecule has 1 aliphatic carbocycles. The van der Waals surface area contributed by atoms with Crippen LogP contribution in [0.1, 0.15) is 30.4 Å². The van der Waals surface area contributed by atoms with Crippen molar-refractivity contribution in [1.82, 2.24) is 0 Å². The van der Waals surface area contributed by atoms with Crippen molar-refractivity contribution in [3.05, 3.63) is 51.6 Å². The van der Waals surface area contributed by atoms with E-state index in [1.165, 1.54) is 0 Å². The summed E-state index contributed by atoms with van der Waals surface area (Å²) in [6.45, 7) is 4.15. The fourth-order valence-corrected chi connectivity index (χ4v) is 3.15. The average molecular weight is 262 g/mol. The smallest absolute Gasteiger partial charge is 0.258 e. The molecule has 2 aromatic rings. The van der Waals surface area contributed by atoms with Gasteiger partial charge in [0.05, 0.1) is 15.7 Å². The maximum atomic E-state index is 11.1. The first-order valence-electron chi connectivity index (χ1n) is 5.79. The van der Waals surface area contributed by atoms with Crippen molar-refractivity contribution in [3.8, 4) is 0 Å². The van der Waals surface area contributed by atoms with Gasteiger partial charge in [-0.1, -0.05) is 32.0 Å². The van der Waals surface area contributed by atoms with Gasteiger partial charge in [-0.05, 0) is 22.6 Å². The second-order valence-corrected chi connectivity index (χ2v) is 5.68. The van der Waals surface area contributed by atoms with E-state index < -0.39 is 0 Å². The van der Waals surface area contributed by atoms with Gasteiger partial charge in [0, 0.05) is 11.5 Å². The Balaban J connectivity index is 2.49. The normalized spacial score (nSPS) is 20.3. The van der Waals surface area contributed by atoms with Gasteiger partial charge in [-0.2, -0.15) is 0 Å². The minimum Gasteiger partial charge on any atom is -0.258 e. The third-order valence-electron chi connectivity index (χ3n) is 3.85. The highest BCUT2D eigenvalue weighted by atomic mass is 35.5. The summed E-state index contributed by atoms with van der Waals surface area (Å²) in [6, 6.07) is 9.02. The Kier molecular flexibility index (Phi) is 2.20. The van der Waals surface area contributed by atoms with Crippen LogP contribution in [0.2, 0.25) is 0 Å². The lowest BCUT2D eigenvalue weighted by Gasteiger charge is -2.24. The van der Waals surface area contributed by atoms with Crippen molar-refractivity contribution < 1.29 is 4.92 Å². The highest BCUT2D eigenvalue weighted by molar-refractivity contribution is 6.24. The first-order chi connectivity index (χ1) is 8.44. The molecule has 92 valence electrons. The lowest BCUT2D eigenvalue weighted by atomic mass is 9.85. The molecule has 0 aromatic heterocycles. The molecule has 0 amide bonds. The van der Waals surface area contributed by atoms with Gasteiger partial charge in [-0.3, -0.25) is 10.1 Å². The van der Waals surface area contributed by atoms with E-state index in [0.29, 0.717) is 5.39 Å². The summed E-state index contributed by atoms with van der Waals surface area (Å²) >= 11 is 6.50. The summed E-state index contributed by atoms with van der Waals surface area (Å²) in [5.74, 6) is 0. The first kappa shape index (κ1) is 11.5. The van der Waals surface area contributed by atoms with Crippen LogP contribution < -0.4 is 0 Å². The Morgan fingerprint density at radius 2 is 2.00 bits per heavy atom. The summed E-state index contributed by atoms with van der Waals surface area (Å²) < 4.78 is 0. The molecule has 2 aromatic carbocycles. The molecule has 3 rings (SSSR count). The van der Waals surface area contributed by atoms with Crippen LogP contribution in [-0.2, 0) is 5.41 Å². The molecule has 1 atom stereocenters. The maximum Gasteiger partial charge on any atom is 0.277 e. The molecule has 0 heterocycles. The molecule has 0 fully saturated rings. The quantitative estimate of drug-likeness (QED) is 0.436. The average Bonchev–Trinajstić information content (AvgIpc) is 2.53. The molecule has 0 N–H and O–H groups in total. The van der Waals surface area contributed by atoms with Crippen LogP contribution in [0, 0.1) is 10.1 Å². The molecule has 1 unspecified atom stereocenters. The number of alkyl halides is 1. The zero-order valence-electron chi connectivity index (χ0n) is 10.1. The number of rotatable bonds is 1. The molecule has 1 aliphatic rings. The second kappa shape index (κ2) is 3.45. The van der Waals surface area contributed by atoms with Crippen molar-refractivity contribution in [3.63, 3.8) is 0 Å². The molecule has 0 bridgehead atoms. The van der Waals surface area contributed by atoms with E-state index in [4.69, 9.17) is 11.6 Å². The third kappa shape index (κ3) is 1.25. The molecule has 18 heavy (non-hydrogen) atoms. The Morgan fingerprint density at radius 1 is 1.28 bits per heavy atom. The van der Waals surface area contributed by atoms with Gasteiger partial charge in [0.25, 0.3) is 5.69 Å². The van der Waals surface area contributed by atoms with Crippen LogP contribution in [0.25, 0.3) is 10.8 Å². The van der Waals surface area contributed by atoms with E-state index >= 15 is 0 Å². The molecule has 0 spiro atoms. The van der Waals surface area contributed by atoms with Crippen LogP contribution in [0.4, 0.5) is 5.69 Å². The van der Waals surface area contributed by atoms with Gasteiger partial charge < -0.3 is 0 Å². The van der Waals surface area contributed by atoms with Crippen LogP contribution in [0.5, 0.6) is 0 Å². The molecule has 4 heteroatoms. The Labute approximate surface area is 110 Å². The third-order valence-corrected chi connectivity index (χ3v) is 4.63. The standard InChI is InChI=1S/C14H12ClNO2/c1-14(2)10-6-7-11(16(17)18)8-4-3-5-9(12(8)10)13(14)15/h3-7,13H,1-2H3. The lowest BCUT2D eigenvalue weighted by molar-refractivity contribution is -0.383. The van der Waals surface area contributed by atoms with E-state index in [0.717, 1.165) is 16.5 Å². The van der Waals surface area contributed by atoms with Gasteiger partial charge in [0.15, 0.2) is 0 Å². The summed E-state index contributed by atoms with van der Waals surface area (Å²) in [5.41, 5.74) is 2.05. The number of benzene rings is 2.